The van der Waals surface area contributed by atoms with E-state index >= 15 is 0 Å². The fourth-order valence-corrected chi connectivity index (χ4v) is 2.17. The molecule has 5 nitrogen and oxygen atoms in total. The summed E-state index contributed by atoms with van der Waals surface area (Å²) in [6.45, 7) is 0. The van der Waals surface area contributed by atoms with Crippen LogP contribution in [0.4, 0.5) is 0 Å². The van der Waals surface area contributed by atoms with Crippen LogP contribution in [-0.2, 0) is 6.42 Å². The van der Waals surface area contributed by atoms with Crippen LogP contribution < -0.4 is 9.47 Å². The first kappa shape index (κ1) is 15.7. The number of phenols is 2. The zero-order valence-corrected chi connectivity index (χ0v) is 12.5. The molecule has 22 heavy (non-hydrogen) atoms. The molecule has 0 aromatic heterocycles. The van der Waals surface area contributed by atoms with Crippen LogP contribution in [0.1, 0.15) is 22.3 Å². The van der Waals surface area contributed by atoms with Gasteiger partial charge in [0, 0.05) is 18.6 Å². The lowest BCUT2D eigenvalue weighted by molar-refractivity contribution is 0.0977. The van der Waals surface area contributed by atoms with E-state index in [0.717, 1.165) is 11.3 Å². The van der Waals surface area contributed by atoms with Gasteiger partial charge in [-0.3, -0.25) is 4.79 Å². The number of ketones is 1. The molecule has 0 unspecified atom stereocenters. The van der Waals surface area contributed by atoms with Gasteiger partial charge in [-0.05, 0) is 24.1 Å². The number of Topliss-reactive ketones (excluding diaryl/α,β-unsaturated/α-hetero) is 1. The summed E-state index contributed by atoms with van der Waals surface area (Å²) in [7, 11) is 3.01. The minimum atomic E-state index is -0.325. The molecule has 2 rings (SSSR count). The summed E-state index contributed by atoms with van der Waals surface area (Å²) >= 11 is 0. The lowest BCUT2D eigenvalue weighted by Crippen LogP contribution is -2.02. The Kier molecular flexibility index (Phi) is 4.88. The summed E-state index contributed by atoms with van der Waals surface area (Å²) in [6, 6.07) is 10.0. The number of aryl methyl sites for hydroxylation is 1. The Labute approximate surface area is 128 Å². The first-order valence-electron chi connectivity index (χ1n) is 6.81. The van der Waals surface area contributed by atoms with E-state index in [4.69, 9.17) is 9.47 Å². The second-order valence-corrected chi connectivity index (χ2v) is 4.81. The fourth-order valence-electron chi connectivity index (χ4n) is 2.17. The van der Waals surface area contributed by atoms with E-state index in [9.17, 15) is 15.0 Å². The number of rotatable bonds is 6. The molecule has 5 heteroatoms. The van der Waals surface area contributed by atoms with E-state index in [0.29, 0.717) is 12.2 Å². The van der Waals surface area contributed by atoms with E-state index in [2.05, 4.69) is 0 Å². The van der Waals surface area contributed by atoms with Gasteiger partial charge in [0.1, 0.15) is 28.6 Å². The molecule has 0 radical (unpaired) electrons. The number of methoxy groups -OCH3 is 2. The maximum atomic E-state index is 12.2. The summed E-state index contributed by atoms with van der Waals surface area (Å²) in [4.78, 5) is 12.2. The maximum absolute atomic E-state index is 12.2. The quantitative estimate of drug-likeness (QED) is 0.802. The van der Waals surface area contributed by atoms with E-state index in [-0.39, 0.29) is 29.3 Å². The Hall–Kier alpha value is -2.69. The minimum Gasteiger partial charge on any atom is -0.507 e. The van der Waals surface area contributed by atoms with Crippen LogP contribution in [0.2, 0.25) is 0 Å². The van der Waals surface area contributed by atoms with E-state index in [1.54, 1.807) is 7.11 Å². The first-order chi connectivity index (χ1) is 10.5. The summed E-state index contributed by atoms with van der Waals surface area (Å²) in [6.07, 6.45) is 0.688. The Morgan fingerprint density at radius 2 is 1.50 bits per heavy atom. The van der Waals surface area contributed by atoms with Crippen LogP contribution in [0.25, 0.3) is 0 Å². The van der Waals surface area contributed by atoms with E-state index < -0.39 is 0 Å². The molecule has 116 valence electrons. The van der Waals surface area contributed by atoms with Crippen LogP contribution in [0.5, 0.6) is 23.0 Å². The number of aromatic hydroxyl groups is 2. The highest BCUT2D eigenvalue weighted by Gasteiger charge is 2.17. The van der Waals surface area contributed by atoms with Crippen LogP contribution in [0, 0.1) is 0 Å². The average molecular weight is 302 g/mol. The van der Waals surface area contributed by atoms with Crippen molar-refractivity contribution in [1.29, 1.82) is 0 Å². The number of hydrogen-bond donors (Lipinski definition) is 2. The van der Waals surface area contributed by atoms with Gasteiger partial charge in [0.05, 0.1) is 14.2 Å². The van der Waals surface area contributed by atoms with Gasteiger partial charge >= 0.3 is 0 Å². The summed E-state index contributed by atoms with van der Waals surface area (Å²) in [5, 5.41) is 19.7. The number of phenolic OH excluding ortho intramolecular Hbond substituents is 2. The molecule has 0 spiro atoms. The standard InChI is InChI=1S/C17H18O5/c1-21-12-6-3-11(4-7-12)5-8-14(18)17-15(19)9-13(22-2)10-16(17)20/h3-4,6-7,9-10,19-20H,5,8H2,1-2H3. The van der Waals surface area contributed by atoms with Crippen molar-refractivity contribution in [1.82, 2.24) is 0 Å². The van der Waals surface area contributed by atoms with Crippen LogP contribution >= 0.6 is 0 Å². The third-order valence-electron chi connectivity index (χ3n) is 3.38. The SMILES string of the molecule is COc1ccc(CCC(=O)c2c(O)cc(OC)cc2O)cc1. The smallest absolute Gasteiger partial charge is 0.170 e. The molecule has 0 amide bonds. The van der Waals surface area contributed by atoms with Gasteiger partial charge in [0.25, 0.3) is 0 Å². The maximum Gasteiger partial charge on any atom is 0.170 e. The topological polar surface area (TPSA) is 76.0 Å². The highest BCUT2D eigenvalue weighted by molar-refractivity contribution is 6.01. The average Bonchev–Trinajstić information content (AvgIpc) is 2.52. The zero-order valence-electron chi connectivity index (χ0n) is 12.5. The minimum absolute atomic E-state index is 0.0747. The molecule has 0 bridgehead atoms. The molecule has 2 N–H and O–H groups in total. The number of hydrogen-bond acceptors (Lipinski definition) is 5. The van der Waals surface area contributed by atoms with Gasteiger partial charge in [-0.2, -0.15) is 0 Å². The molecule has 0 aliphatic carbocycles. The molecule has 0 atom stereocenters. The summed E-state index contributed by atoms with van der Waals surface area (Å²) in [5.74, 6) is 0.156. The molecule has 0 saturated carbocycles. The van der Waals surface area contributed by atoms with Gasteiger partial charge < -0.3 is 19.7 Å². The predicted molar refractivity (Wildman–Crippen MR) is 82.0 cm³/mol. The predicted octanol–water partition coefficient (Wildman–Crippen LogP) is 2.93. The van der Waals surface area contributed by atoms with Crippen molar-refractivity contribution < 1.29 is 24.5 Å². The molecular formula is C17H18O5. The lowest BCUT2D eigenvalue weighted by Gasteiger charge is -2.09. The summed E-state index contributed by atoms with van der Waals surface area (Å²) in [5.41, 5.74) is 0.899. The zero-order chi connectivity index (χ0) is 16.1. The number of carbonyl (C=O) groups is 1. The molecule has 0 saturated heterocycles. The Bertz CT molecular complexity index is 638. The van der Waals surface area contributed by atoms with Gasteiger partial charge in [-0.25, -0.2) is 0 Å². The van der Waals surface area contributed by atoms with Crippen LogP contribution in [0.3, 0.4) is 0 Å². The lowest BCUT2D eigenvalue weighted by atomic mass is 10.0. The van der Waals surface area contributed by atoms with E-state index in [1.807, 2.05) is 24.3 Å². The van der Waals surface area contributed by atoms with Gasteiger partial charge in [-0.1, -0.05) is 12.1 Å². The van der Waals surface area contributed by atoms with E-state index in [1.165, 1.54) is 19.2 Å². The highest BCUT2D eigenvalue weighted by atomic mass is 16.5. The molecular weight excluding hydrogens is 284 g/mol. The molecule has 2 aromatic rings. The Morgan fingerprint density at radius 1 is 0.955 bits per heavy atom. The van der Waals surface area contributed by atoms with Crippen molar-refractivity contribution in [2.45, 2.75) is 12.8 Å². The summed E-state index contributed by atoms with van der Waals surface area (Å²) < 4.78 is 9.99. The highest BCUT2D eigenvalue weighted by Crippen LogP contribution is 2.33. The monoisotopic (exact) mass is 302 g/mol. The third-order valence-corrected chi connectivity index (χ3v) is 3.38. The second kappa shape index (κ2) is 6.85. The van der Waals surface area contributed by atoms with Gasteiger partial charge in [-0.15, -0.1) is 0 Å². The molecule has 0 aliphatic heterocycles. The van der Waals surface area contributed by atoms with Gasteiger partial charge in [0.15, 0.2) is 5.78 Å². The van der Waals surface area contributed by atoms with Crippen molar-refractivity contribution in [2.75, 3.05) is 14.2 Å². The normalized spacial score (nSPS) is 10.3. The number of ether oxygens (including phenoxy) is 2. The first-order valence-corrected chi connectivity index (χ1v) is 6.81. The van der Waals surface area contributed by atoms with Crippen molar-refractivity contribution in [3.8, 4) is 23.0 Å². The third kappa shape index (κ3) is 3.49. The second-order valence-electron chi connectivity index (χ2n) is 4.81. The molecule has 0 aliphatic rings. The Balaban J connectivity index is 2.09. The Morgan fingerprint density at radius 3 is 2.00 bits per heavy atom. The molecule has 0 fully saturated rings. The van der Waals surface area contributed by atoms with Gasteiger partial charge in [0.2, 0.25) is 0 Å². The number of benzene rings is 2. The molecule has 0 heterocycles. The molecule has 2 aromatic carbocycles. The van der Waals surface area contributed by atoms with Crippen molar-refractivity contribution in [3.63, 3.8) is 0 Å². The van der Waals surface area contributed by atoms with Crippen molar-refractivity contribution in [3.05, 3.63) is 47.5 Å². The fraction of sp³-hybridized carbons (Fsp3) is 0.235. The van der Waals surface area contributed by atoms with Crippen molar-refractivity contribution >= 4 is 5.78 Å². The largest absolute Gasteiger partial charge is 0.507 e. The van der Waals surface area contributed by atoms with Crippen LogP contribution in [-0.4, -0.2) is 30.2 Å². The van der Waals surface area contributed by atoms with Crippen molar-refractivity contribution in [2.24, 2.45) is 0 Å². The number of carbonyl (C=O) groups excluding carboxylic acids is 1. The van der Waals surface area contributed by atoms with Crippen LogP contribution in [0.15, 0.2) is 36.4 Å².